The Morgan fingerprint density at radius 1 is 1.38 bits per heavy atom. The zero-order valence-electron chi connectivity index (χ0n) is 13.1. The zero-order chi connectivity index (χ0) is 15.5. The van der Waals surface area contributed by atoms with Crippen LogP contribution in [0.15, 0.2) is 29.2 Å². The normalized spacial score (nSPS) is 12.0. The van der Waals surface area contributed by atoms with E-state index >= 15 is 0 Å². The SMILES string of the molecule is CCCNC(CCSc1cccc(OC)c1)C(=O)OCC. The molecule has 0 fully saturated rings. The number of hydrogen-bond donors (Lipinski definition) is 1. The Morgan fingerprint density at radius 3 is 2.86 bits per heavy atom. The molecular formula is C16H25NO3S. The lowest BCUT2D eigenvalue weighted by Gasteiger charge is -2.16. The lowest BCUT2D eigenvalue weighted by molar-refractivity contribution is -0.145. The Hall–Kier alpha value is -1.20. The number of methoxy groups -OCH3 is 1. The van der Waals surface area contributed by atoms with Crippen LogP contribution in [0.3, 0.4) is 0 Å². The number of carbonyl (C=O) groups is 1. The average Bonchev–Trinajstić information content (AvgIpc) is 2.51. The van der Waals surface area contributed by atoms with E-state index in [1.54, 1.807) is 18.9 Å². The van der Waals surface area contributed by atoms with E-state index in [2.05, 4.69) is 12.2 Å². The minimum atomic E-state index is -0.219. The Bertz CT molecular complexity index is 426. The molecule has 0 aliphatic heterocycles. The molecule has 1 unspecified atom stereocenters. The van der Waals surface area contributed by atoms with Crippen LogP contribution in [-0.4, -0.2) is 38.0 Å². The summed E-state index contributed by atoms with van der Waals surface area (Å²) in [6.45, 7) is 5.17. The molecule has 0 amide bonds. The van der Waals surface area contributed by atoms with Crippen LogP contribution in [0.4, 0.5) is 0 Å². The van der Waals surface area contributed by atoms with E-state index in [9.17, 15) is 4.79 Å². The summed E-state index contributed by atoms with van der Waals surface area (Å²) in [6.07, 6.45) is 1.75. The lowest BCUT2D eigenvalue weighted by Crippen LogP contribution is -2.39. The van der Waals surface area contributed by atoms with Gasteiger partial charge in [0.15, 0.2) is 0 Å². The second kappa shape index (κ2) is 10.5. The largest absolute Gasteiger partial charge is 0.497 e. The minimum Gasteiger partial charge on any atom is -0.497 e. The van der Waals surface area contributed by atoms with Gasteiger partial charge in [-0.1, -0.05) is 13.0 Å². The maximum absolute atomic E-state index is 11.9. The molecule has 0 heterocycles. The number of ether oxygens (including phenoxy) is 2. The third-order valence-corrected chi connectivity index (χ3v) is 3.96. The number of rotatable bonds is 10. The van der Waals surface area contributed by atoms with Crippen molar-refractivity contribution in [1.29, 1.82) is 0 Å². The predicted octanol–water partition coefficient (Wildman–Crippen LogP) is 3.11. The van der Waals surface area contributed by atoms with E-state index in [4.69, 9.17) is 9.47 Å². The second-order valence-electron chi connectivity index (χ2n) is 4.57. The van der Waals surface area contributed by atoms with Gasteiger partial charge in [-0.3, -0.25) is 4.79 Å². The van der Waals surface area contributed by atoms with Crippen molar-refractivity contribution in [2.24, 2.45) is 0 Å². The molecule has 1 aromatic rings. The summed E-state index contributed by atoms with van der Waals surface area (Å²) in [4.78, 5) is 13.0. The number of nitrogens with one attached hydrogen (secondary N) is 1. The summed E-state index contributed by atoms with van der Waals surface area (Å²) >= 11 is 1.72. The van der Waals surface area contributed by atoms with Gasteiger partial charge in [-0.15, -0.1) is 11.8 Å². The highest BCUT2D eigenvalue weighted by molar-refractivity contribution is 7.99. The van der Waals surface area contributed by atoms with Crippen LogP contribution in [0.1, 0.15) is 26.7 Å². The predicted molar refractivity (Wildman–Crippen MR) is 87.0 cm³/mol. The Balaban J connectivity index is 2.45. The zero-order valence-corrected chi connectivity index (χ0v) is 13.9. The van der Waals surface area contributed by atoms with E-state index in [1.807, 2.05) is 31.2 Å². The molecule has 4 nitrogen and oxygen atoms in total. The molecule has 0 aliphatic carbocycles. The van der Waals surface area contributed by atoms with Crippen LogP contribution in [0.25, 0.3) is 0 Å². The Morgan fingerprint density at radius 2 is 2.19 bits per heavy atom. The molecule has 1 aromatic carbocycles. The van der Waals surface area contributed by atoms with Crippen LogP contribution < -0.4 is 10.1 Å². The molecule has 0 saturated heterocycles. The van der Waals surface area contributed by atoms with E-state index in [0.29, 0.717) is 6.61 Å². The van der Waals surface area contributed by atoms with Crippen LogP contribution in [-0.2, 0) is 9.53 Å². The molecule has 0 radical (unpaired) electrons. The average molecular weight is 311 g/mol. The van der Waals surface area contributed by atoms with Gasteiger partial charge in [0, 0.05) is 10.6 Å². The second-order valence-corrected chi connectivity index (χ2v) is 5.74. The van der Waals surface area contributed by atoms with Crippen molar-refractivity contribution in [3.63, 3.8) is 0 Å². The molecule has 0 spiro atoms. The van der Waals surface area contributed by atoms with Crippen molar-refractivity contribution >= 4 is 17.7 Å². The van der Waals surface area contributed by atoms with Crippen LogP contribution >= 0.6 is 11.8 Å². The van der Waals surface area contributed by atoms with Gasteiger partial charge in [0.05, 0.1) is 13.7 Å². The third-order valence-electron chi connectivity index (χ3n) is 2.93. The number of carbonyl (C=O) groups excluding carboxylic acids is 1. The van der Waals surface area contributed by atoms with E-state index < -0.39 is 0 Å². The highest BCUT2D eigenvalue weighted by Gasteiger charge is 2.18. The topological polar surface area (TPSA) is 47.6 Å². The molecule has 1 rings (SSSR count). The van der Waals surface area contributed by atoms with Crippen molar-refractivity contribution in [3.8, 4) is 5.75 Å². The van der Waals surface area contributed by atoms with Crippen LogP contribution in [0.5, 0.6) is 5.75 Å². The fraction of sp³-hybridized carbons (Fsp3) is 0.562. The molecule has 5 heteroatoms. The lowest BCUT2D eigenvalue weighted by atomic mass is 10.2. The quantitative estimate of drug-likeness (QED) is 0.531. The molecule has 0 aliphatic rings. The number of thioether (sulfide) groups is 1. The summed E-state index contributed by atoms with van der Waals surface area (Å²) in [7, 11) is 1.66. The summed E-state index contributed by atoms with van der Waals surface area (Å²) in [5, 5.41) is 3.25. The molecule has 118 valence electrons. The van der Waals surface area contributed by atoms with Crippen molar-refractivity contribution < 1.29 is 14.3 Å². The van der Waals surface area contributed by atoms with Crippen molar-refractivity contribution in [3.05, 3.63) is 24.3 Å². The minimum absolute atomic E-state index is 0.155. The van der Waals surface area contributed by atoms with Gasteiger partial charge in [0.2, 0.25) is 0 Å². The fourth-order valence-corrected chi connectivity index (χ4v) is 2.81. The first-order valence-electron chi connectivity index (χ1n) is 7.38. The van der Waals surface area contributed by atoms with E-state index in [-0.39, 0.29) is 12.0 Å². The van der Waals surface area contributed by atoms with E-state index in [1.165, 1.54) is 0 Å². The smallest absolute Gasteiger partial charge is 0.323 e. The Kier molecular flexibility index (Phi) is 8.94. The summed E-state index contributed by atoms with van der Waals surface area (Å²) in [5.74, 6) is 1.55. The van der Waals surface area contributed by atoms with Gasteiger partial charge in [-0.2, -0.15) is 0 Å². The first-order valence-corrected chi connectivity index (χ1v) is 8.36. The molecule has 1 N–H and O–H groups in total. The van der Waals surface area contributed by atoms with E-state index in [0.717, 1.165) is 35.8 Å². The molecular weight excluding hydrogens is 286 g/mol. The maximum atomic E-state index is 11.9. The first-order chi connectivity index (χ1) is 10.2. The van der Waals surface area contributed by atoms with Crippen LogP contribution in [0.2, 0.25) is 0 Å². The van der Waals surface area contributed by atoms with Crippen molar-refractivity contribution in [2.45, 2.75) is 37.6 Å². The Labute approximate surface area is 131 Å². The van der Waals surface area contributed by atoms with Gasteiger partial charge in [0.25, 0.3) is 0 Å². The number of benzene rings is 1. The molecule has 1 atom stereocenters. The van der Waals surface area contributed by atoms with Crippen molar-refractivity contribution in [2.75, 3.05) is 26.0 Å². The number of esters is 1. The first kappa shape index (κ1) is 17.9. The highest BCUT2D eigenvalue weighted by atomic mass is 32.2. The van der Waals surface area contributed by atoms with Gasteiger partial charge in [-0.05, 0) is 44.5 Å². The van der Waals surface area contributed by atoms with Gasteiger partial charge < -0.3 is 14.8 Å². The summed E-state index contributed by atoms with van der Waals surface area (Å²) in [6, 6.07) is 7.73. The third kappa shape index (κ3) is 6.87. The molecule has 0 bridgehead atoms. The van der Waals surface area contributed by atoms with Gasteiger partial charge in [0.1, 0.15) is 11.8 Å². The number of hydrogen-bond acceptors (Lipinski definition) is 5. The summed E-state index contributed by atoms with van der Waals surface area (Å²) in [5.41, 5.74) is 0. The molecule has 21 heavy (non-hydrogen) atoms. The maximum Gasteiger partial charge on any atom is 0.323 e. The van der Waals surface area contributed by atoms with Gasteiger partial charge in [-0.25, -0.2) is 0 Å². The van der Waals surface area contributed by atoms with Crippen LogP contribution in [0, 0.1) is 0 Å². The fourth-order valence-electron chi connectivity index (χ4n) is 1.85. The molecule has 0 saturated carbocycles. The summed E-state index contributed by atoms with van der Waals surface area (Å²) < 4.78 is 10.3. The van der Waals surface area contributed by atoms with Gasteiger partial charge >= 0.3 is 5.97 Å². The molecule has 0 aromatic heterocycles. The monoisotopic (exact) mass is 311 g/mol. The highest BCUT2D eigenvalue weighted by Crippen LogP contribution is 2.23. The van der Waals surface area contributed by atoms with Crippen molar-refractivity contribution in [1.82, 2.24) is 5.32 Å². The standard InChI is InChI=1S/C16H25NO3S/c1-4-10-17-15(16(18)20-5-2)9-11-21-14-8-6-7-13(12-14)19-3/h6-8,12,15,17H,4-5,9-11H2,1-3H3.